The fraction of sp³-hybridized carbons (Fsp3) is 0.160. The van der Waals surface area contributed by atoms with Gasteiger partial charge in [-0.25, -0.2) is 8.51 Å². The lowest BCUT2D eigenvalue weighted by molar-refractivity contribution is 0.0940. The van der Waals surface area contributed by atoms with Crippen LogP contribution in [-0.4, -0.2) is 23.4 Å². The minimum absolute atomic E-state index is 0.247. The molecule has 0 bridgehead atoms. The number of rotatable bonds is 9. The molecule has 0 saturated heterocycles. The van der Waals surface area contributed by atoms with Crippen LogP contribution in [0, 0.1) is 0 Å². The third-order valence-electron chi connectivity index (χ3n) is 5.43. The highest BCUT2D eigenvalue weighted by atomic mass is 79.9. The monoisotopic (exact) mass is 570 g/mol. The molecule has 7 nitrogen and oxygen atoms in total. The molecule has 10 heteroatoms. The summed E-state index contributed by atoms with van der Waals surface area (Å²) in [5.74, 6) is -0.114. The molecule has 0 aliphatic heterocycles. The molecule has 4 rings (SSSR count). The van der Waals surface area contributed by atoms with Gasteiger partial charge in [0.25, 0.3) is 17.2 Å². The summed E-state index contributed by atoms with van der Waals surface area (Å²) in [6.45, 7) is 1.89. The zero-order chi connectivity index (χ0) is 24.8. The van der Waals surface area contributed by atoms with Crippen molar-refractivity contribution in [2.24, 2.45) is 0 Å². The van der Waals surface area contributed by atoms with Gasteiger partial charge in [-0.2, -0.15) is 8.75 Å². The Morgan fingerprint density at radius 2 is 1.74 bits per heavy atom. The highest BCUT2D eigenvalue weighted by Crippen LogP contribution is 2.34. The van der Waals surface area contributed by atoms with Crippen molar-refractivity contribution < 1.29 is 13.6 Å². The largest absolute Gasteiger partial charge is 0.345 e. The first kappa shape index (κ1) is 25.2. The van der Waals surface area contributed by atoms with Gasteiger partial charge in [0, 0.05) is 11.8 Å². The maximum Gasteiger partial charge on any atom is 0.268 e. The van der Waals surface area contributed by atoms with Gasteiger partial charge >= 0.3 is 0 Å². The van der Waals surface area contributed by atoms with Crippen LogP contribution in [-0.2, 0) is 23.0 Å². The highest BCUT2D eigenvalue weighted by molar-refractivity contribution is 9.08. The molecule has 2 N–H and O–H groups in total. The van der Waals surface area contributed by atoms with Gasteiger partial charge in [0.05, 0.1) is 29.0 Å². The number of nitrogens with zero attached hydrogens (tertiary/aromatic N) is 3. The Balaban J connectivity index is 1.72. The van der Waals surface area contributed by atoms with Gasteiger partial charge in [0.1, 0.15) is 5.69 Å². The van der Waals surface area contributed by atoms with Gasteiger partial charge in [0.15, 0.2) is 5.82 Å². The zero-order valence-corrected chi connectivity index (χ0v) is 22.0. The molecule has 1 amide bonds. The molecule has 0 aliphatic rings. The van der Waals surface area contributed by atoms with E-state index in [1.165, 1.54) is 0 Å². The lowest BCUT2D eigenvalue weighted by Gasteiger charge is -2.23. The van der Waals surface area contributed by atoms with E-state index in [-0.39, 0.29) is 29.0 Å². The van der Waals surface area contributed by atoms with Crippen LogP contribution >= 0.6 is 27.7 Å². The first-order valence-electron chi connectivity index (χ1n) is 10.8. The average Bonchev–Trinajstić information content (AvgIpc) is 3.32. The quantitative estimate of drug-likeness (QED) is 0.196. The van der Waals surface area contributed by atoms with E-state index >= 15 is 0 Å². The predicted octanol–water partition coefficient (Wildman–Crippen LogP) is 5.79. The molecule has 4 aromatic rings. The van der Waals surface area contributed by atoms with E-state index < -0.39 is 11.3 Å². The molecule has 3 aromatic carbocycles. The van der Waals surface area contributed by atoms with Crippen LogP contribution in [0.2, 0.25) is 0 Å². The van der Waals surface area contributed by atoms with Gasteiger partial charge in [-0.05, 0) is 35.7 Å². The van der Waals surface area contributed by atoms with Crippen LogP contribution in [0.1, 0.15) is 45.7 Å². The lowest BCUT2D eigenvalue weighted by Crippen LogP contribution is -2.30. The topological polar surface area (TPSA) is 95.4 Å². The number of aromatic nitrogens is 2. The lowest BCUT2D eigenvalue weighted by atomic mass is 10.1. The number of amides is 1. The van der Waals surface area contributed by atoms with Gasteiger partial charge in [-0.15, -0.1) is 0 Å². The molecule has 0 fully saturated rings. The van der Waals surface area contributed by atoms with Crippen LogP contribution in [0.4, 0.5) is 11.5 Å². The van der Waals surface area contributed by atoms with Crippen molar-refractivity contribution in [3.8, 4) is 0 Å². The molecule has 1 aromatic heterocycles. The van der Waals surface area contributed by atoms with Crippen LogP contribution in [0.5, 0.6) is 0 Å². The number of nitrogens with one attached hydrogen (secondary N) is 1. The first-order valence-corrected chi connectivity index (χ1v) is 13.7. The van der Waals surface area contributed by atoms with E-state index in [2.05, 4.69) is 30.0 Å². The van der Waals surface area contributed by atoms with Crippen LogP contribution in [0.15, 0.2) is 78.9 Å². The standard InChI is InChI=1S/C25H23BrN4O3S2/c1-17(20-10-6-3-7-11-20)27-25(31)21-13-12-19(16-26)15-23(21)30(35(32)33)24-22(28-34-29-24)14-18-8-4-2-5-9-18/h2-13,15,17H,14,16H2,1H3,(H,27,31)(H,32,33). The molecule has 180 valence electrons. The van der Waals surface area contributed by atoms with Gasteiger partial charge in [-0.3, -0.25) is 9.35 Å². The highest BCUT2D eigenvalue weighted by Gasteiger charge is 2.28. The maximum atomic E-state index is 13.4. The Morgan fingerprint density at radius 3 is 2.40 bits per heavy atom. The van der Waals surface area contributed by atoms with Crippen LogP contribution in [0.25, 0.3) is 0 Å². The predicted molar refractivity (Wildman–Crippen MR) is 143 cm³/mol. The zero-order valence-electron chi connectivity index (χ0n) is 18.8. The minimum atomic E-state index is -2.50. The Morgan fingerprint density at radius 1 is 1.06 bits per heavy atom. The minimum Gasteiger partial charge on any atom is -0.345 e. The molecule has 2 unspecified atom stereocenters. The molecule has 0 saturated carbocycles. The Kier molecular flexibility index (Phi) is 8.40. The maximum absolute atomic E-state index is 13.4. The Bertz CT molecular complexity index is 1320. The summed E-state index contributed by atoms with van der Waals surface area (Å²) in [5.41, 5.74) is 3.89. The van der Waals surface area contributed by atoms with Gasteiger partial charge in [-0.1, -0.05) is 82.7 Å². The summed E-state index contributed by atoms with van der Waals surface area (Å²) in [6, 6.07) is 24.2. The second-order valence-corrected chi connectivity index (χ2v) is 9.73. The van der Waals surface area contributed by atoms with Crippen molar-refractivity contribution in [3.05, 3.63) is 107 Å². The number of hydrogen-bond acceptors (Lipinski definition) is 5. The third kappa shape index (κ3) is 6.02. The number of hydrogen-bond donors (Lipinski definition) is 2. The van der Waals surface area contributed by atoms with E-state index in [0.717, 1.165) is 32.7 Å². The second kappa shape index (κ2) is 11.7. The number of anilines is 2. The molecular formula is C25H23BrN4O3S2. The average molecular weight is 572 g/mol. The number of halogens is 1. The van der Waals surface area contributed by atoms with E-state index in [0.29, 0.717) is 17.4 Å². The van der Waals surface area contributed by atoms with E-state index in [4.69, 9.17) is 0 Å². The van der Waals surface area contributed by atoms with Gasteiger partial charge < -0.3 is 5.32 Å². The molecule has 1 heterocycles. The van der Waals surface area contributed by atoms with Crippen molar-refractivity contribution >= 4 is 56.3 Å². The van der Waals surface area contributed by atoms with Crippen LogP contribution < -0.4 is 9.62 Å². The molecule has 0 spiro atoms. The van der Waals surface area contributed by atoms with E-state index in [1.807, 2.05) is 73.7 Å². The van der Waals surface area contributed by atoms with Crippen molar-refractivity contribution in [3.63, 3.8) is 0 Å². The SMILES string of the molecule is CC(NC(=O)c1ccc(CBr)cc1N(c1nsnc1Cc1ccccc1)S(=O)O)c1ccccc1. The Hall–Kier alpha value is -2.92. The summed E-state index contributed by atoms with van der Waals surface area (Å²) in [4.78, 5) is 13.4. The number of benzene rings is 3. The summed E-state index contributed by atoms with van der Waals surface area (Å²) < 4.78 is 32.9. The number of carbonyl (C=O) groups excluding carboxylic acids is 1. The van der Waals surface area contributed by atoms with Crippen LogP contribution in [0.3, 0.4) is 0 Å². The van der Waals surface area contributed by atoms with Crippen molar-refractivity contribution in [2.45, 2.75) is 24.7 Å². The normalized spacial score (nSPS) is 12.7. The molecule has 35 heavy (non-hydrogen) atoms. The summed E-state index contributed by atoms with van der Waals surface area (Å²) in [7, 11) is 0. The molecule has 2 atom stereocenters. The third-order valence-corrected chi connectivity index (χ3v) is 7.31. The van der Waals surface area contributed by atoms with Crippen molar-refractivity contribution in [1.29, 1.82) is 0 Å². The first-order chi connectivity index (χ1) is 17.0. The smallest absolute Gasteiger partial charge is 0.268 e. The molecule has 0 aliphatic carbocycles. The molecular weight excluding hydrogens is 548 g/mol. The Labute approximate surface area is 219 Å². The fourth-order valence-corrected chi connectivity index (χ4v) is 5.21. The number of carbonyl (C=O) groups is 1. The van der Waals surface area contributed by atoms with Crippen molar-refractivity contribution in [1.82, 2.24) is 14.1 Å². The van der Waals surface area contributed by atoms with E-state index in [1.54, 1.807) is 12.1 Å². The summed E-state index contributed by atoms with van der Waals surface area (Å²) >= 11 is 1.90. The summed E-state index contributed by atoms with van der Waals surface area (Å²) in [5, 5.41) is 3.51. The number of alkyl halides is 1. The van der Waals surface area contributed by atoms with Gasteiger partial charge in [0.2, 0.25) is 0 Å². The second-order valence-electron chi connectivity index (χ2n) is 7.81. The molecule has 0 radical (unpaired) electrons. The fourth-order valence-electron chi connectivity index (χ4n) is 3.65. The summed E-state index contributed by atoms with van der Waals surface area (Å²) in [6.07, 6.45) is 0.436. The van der Waals surface area contributed by atoms with E-state index in [9.17, 15) is 13.6 Å². The van der Waals surface area contributed by atoms with Crippen molar-refractivity contribution in [2.75, 3.05) is 4.31 Å².